The molecule has 0 N–H and O–H groups in total. The smallest absolute Gasteiger partial charge is 0.250 e. The van der Waals surface area contributed by atoms with Crippen LogP contribution in [0.1, 0.15) is 107 Å². The second-order valence-electron chi connectivity index (χ2n) is 17.3. The molecule has 4 heterocycles. The van der Waals surface area contributed by atoms with Crippen molar-refractivity contribution in [3.05, 3.63) is 177 Å². The largest absolute Gasteiger partial charge is 0.332 e. The first-order valence-corrected chi connectivity index (χ1v) is 21.8. The average molecular weight is 831 g/mol. The molecule has 2 aromatic heterocycles. The quantitative estimate of drug-likeness (QED) is 0.157. The number of likely N-dealkylation sites (tertiary alicyclic amines) is 2. The van der Waals surface area contributed by atoms with Crippen LogP contribution in [0.5, 0.6) is 0 Å². The molecule has 0 bridgehead atoms. The molecule has 0 unspecified atom stereocenters. The van der Waals surface area contributed by atoms with Crippen molar-refractivity contribution in [1.82, 2.24) is 28.9 Å². The van der Waals surface area contributed by atoms with Crippen LogP contribution in [0.4, 0.5) is 8.78 Å². The molecule has 2 amide bonds. The van der Waals surface area contributed by atoms with E-state index in [4.69, 9.17) is 0 Å². The molecular formula is C52H52F2N6O2. The van der Waals surface area contributed by atoms with E-state index in [1.54, 1.807) is 12.1 Å². The number of hydrogen-bond donors (Lipinski definition) is 0. The van der Waals surface area contributed by atoms with Gasteiger partial charge in [-0.1, -0.05) is 24.3 Å². The Morgan fingerprint density at radius 2 is 1.00 bits per heavy atom. The molecule has 0 spiro atoms. The van der Waals surface area contributed by atoms with Crippen LogP contribution in [-0.2, 0) is 22.4 Å². The highest BCUT2D eigenvalue weighted by molar-refractivity contribution is 5.99. The zero-order chi connectivity index (χ0) is 43.1. The minimum Gasteiger partial charge on any atom is -0.332 e. The Labute approximate surface area is 362 Å². The topological polar surface area (TPSA) is 76.3 Å². The highest BCUT2D eigenvalue weighted by atomic mass is 19.1. The van der Waals surface area contributed by atoms with Gasteiger partial charge in [0.2, 0.25) is 11.8 Å². The van der Waals surface area contributed by atoms with Gasteiger partial charge in [-0.25, -0.2) is 18.7 Å². The van der Waals surface area contributed by atoms with Gasteiger partial charge in [0, 0.05) is 48.0 Å². The summed E-state index contributed by atoms with van der Waals surface area (Å²) < 4.78 is 31.7. The van der Waals surface area contributed by atoms with Gasteiger partial charge in [-0.15, -0.1) is 0 Å². The van der Waals surface area contributed by atoms with Gasteiger partial charge in [-0.05, 0) is 184 Å². The number of imidazole rings is 2. The van der Waals surface area contributed by atoms with Crippen LogP contribution in [0.3, 0.4) is 0 Å². The lowest BCUT2D eigenvalue weighted by Gasteiger charge is -2.34. The first kappa shape index (κ1) is 41.0. The number of fused-ring (bicyclic) bond motifs is 2. The van der Waals surface area contributed by atoms with E-state index in [0.717, 1.165) is 143 Å². The van der Waals surface area contributed by atoms with E-state index in [-0.39, 0.29) is 35.5 Å². The monoisotopic (exact) mass is 830 g/mol. The molecule has 4 aromatic carbocycles. The fraction of sp³-hybridized carbons (Fsp3) is 0.308. The summed E-state index contributed by atoms with van der Waals surface area (Å²) in [5, 5.41) is 0. The molecule has 2 atom stereocenters. The number of halogens is 2. The summed E-state index contributed by atoms with van der Waals surface area (Å²) in [6, 6.07) is 22.4. The van der Waals surface area contributed by atoms with Crippen molar-refractivity contribution >= 4 is 24.0 Å². The van der Waals surface area contributed by atoms with Gasteiger partial charge in [0.05, 0.1) is 36.1 Å². The van der Waals surface area contributed by atoms with Crippen LogP contribution in [0.25, 0.3) is 23.5 Å². The molecule has 2 aliphatic heterocycles. The molecule has 6 aromatic rings. The maximum atomic E-state index is 13.8. The number of benzene rings is 4. The summed E-state index contributed by atoms with van der Waals surface area (Å²) in [5.41, 5.74) is 14.4. The summed E-state index contributed by atoms with van der Waals surface area (Å²) in [6.45, 7) is 9.56. The van der Waals surface area contributed by atoms with Crippen LogP contribution in [0.15, 0.2) is 109 Å². The third kappa shape index (κ3) is 8.30. The first-order chi connectivity index (χ1) is 30.0. The summed E-state index contributed by atoms with van der Waals surface area (Å²) in [4.78, 5) is 39.2. The maximum Gasteiger partial charge on any atom is 0.250 e. The molecule has 2 fully saturated rings. The van der Waals surface area contributed by atoms with Gasteiger partial charge >= 0.3 is 0 Å². The van der Waals surface area contributed by atoms with Crippen LogP contribution in [0.2, 0.25) is 0 Å². The first-order valence-electron chi connectivity index (χ1n) is 21.8. The second kappa shape index (κ2) is 17.2. The summed E-state index contributed by atoms with van der Waals surface area (Å²) >= 11 is 0. The highest BCUT2D eigenvalue weighted by Gasteiger charge is 2.36. The lowest BCUT2D eigenvalue weighted by Crippen LogP contribution is -2.39. The Kier molecular flexibility index (Phi) is 11.3. The van der Waals surface area contributed by atoms with Crippen molar-refractivity contribution in [2.45, 2.75) is 91.1 Å². The van der Waals surface area contributed by atoms with E-state index < -0.39 is 0 Å². The van der Waals surface area contributed by atoms with Crippen molar-refractivity contribution in [3.63, 3.8) is 0 Å². The van der Waals surface area contributed by atoms with Crippen LogP contribution in [0, 0.1) is 39.3 Å². The molecule has 62 heavy (non-hydrogen) atoms. The van der Waals surface area contributed by atoms with E-state index in [0.29, 0.717) is 0 Å². The van der Waals surface area contributed by atoms with Crippen LogP contribution < -0.4 is 0 Å². The normalized spacial score (nSPS) is 19.8. The number of rotatable bonds is 6. The van der Waals surface area contributed by atoms with E-state index in [1.807, 2.05) is 82.1 Å². The number of carbonyl (C=O) groups is 2. The minimum atomic E-state index is -0.227. The number of carbonyl (C=O) groups excluding carboxylic acids is 2. The van der Waals surface area contributed by atoms with E-state index in [9.17, 15) is 18.4 Å². The zero-order valence-corrected chi connectivity index (χ0v) is 35.9. The number of piperidine rings is 2. The lowest BCUT2D eigenvalue weighted by molar-refractivity contribution is -0.131. The van der Waals surface area contributed by atoms with Crippen molar-refractivity contribution < 1.29 is 18.4 Å². The van der Waals surface area contributed by atoms with E-state index in [2.05, 4.69) is 60.2 Å². The predicted molar refractivity (Wildman–Crippen MR) is 239 cm³/mol. The molecule has 0 saturated carbocycles. The van der Waals surface area contributed by atoms with E-state index in [1.165, 1.54) is 12.1 Å². The molecule has 316 valence electrons. The number of aryl methyl sites for hydroxylation is 6. The van der Waals surface area contributed by atoms with Crippen LogP contribution in [-0.4, -0.2) is 53.8 Å². The Balaban J connectivity index is 0.000000158. The number of amides is 2. The zero-order valence-electron chi connectivity index (χ0n) is 35.9. The van der Waals surface area contributed by atoms with Crippen molar-refractivity contribution in [1.29, 1.82) is 0 Å². The predicted octanol–water partition coefficient (Wildman–Crippen LogP) is 10.6. The summed E-state index contributed by atoms with van der Waals surface area (Å²) in [6.07, 6.45) is 18.7. The van der Waals surface area contributed by atoms with Gasteiger partial charge in [0.1, 0.15) is 11.6 Å². The fourth-order valence-electron chi connectivity index (χ4n) is 9.90. The lowest BCUT2D eigenvalue weighted by atomic mass is 9.97. The number of hydrogen-bond acceptors (Lipinski definition) is 4. The van der Waals surface area contributed by atoms with E-state index >= 15 is 0 Å². The SMILES string of the molecule is Cc1cn(-c2ccc(/C=C3\CCCN([C@@H]4CCc5ccc(F)cc54)C3=O)cc2C)cn1.Cc1cn(-c2ccc(/C=C3\CCCN([C@H]4CCc5ccc(F)cc54)C3=O)cc2C)cn1. The van der Waals surface area contributed by atoms with Crippen LogP contribution >= 0.6 is 0 Å². The van der Waals surface area contributed by atoms with Crippen molar-refractivity contribution in [2.75, 3.05) is 13.1 Å². The maximum absolute atomic E-state index is 13.8. The Morgan fingerprint density at radius 3 is 1.39 bits per heavy atom. The number of aromatic nitrogens is 4. The molecule has 8 nitrogen and oxygen atoms in total. The molecule has 10 rings (SSSR count). The van der Waals surface area contributed by atoms with Gasteiger partial charge in [-0.3, -0.25) is 9.59 Å². The van der Waals surface area contributed by atoms with Gasteiger partial charge in [0.25, 0.3) is 0 Å². The fourth-order valence-corrected chi connectivity index (χ4v) is 9.90. The summed E-state index contributed by atoms with van der Waals surface area (Å²) in [7, 11) is 0. The molecule has 0 radical (unpaired) electrons. The molecule has 2 saturated heterocycles. The van der Waals surface area contributed by atoms with Gasteiger partial charge in [0.15, 0.2) is 0 Å². The summed E-state index contributed by atoms with van der Waals surface area (Å²) in [5.74, 6) is -0.287. The third-order valence-corrected chi connectivity index (χ3v) is 12.9. The molecule has 4 aliphatic rings. The third-order valence-electron chi connectivity index (χ3n) is 12.9. The molecular weight excluding hydrogens is 779 g/mol. The standard InChI is InChI=1S/2C26H26FN3O/c2*1-17-12-19(5-9-24(17)29-15-18(2)28-16-29)13-21-4-3-11-30(26(21)31)25-10-7-20-6-8-22(27)14-23(20)25/h2*5-6,8-9,12-16,25H,3-4,7,10-11H2,1-2H3/b2*21-13+/t2*25-/m10/s1. The molecule has 2 aliphatic carbocycles. The van der Waals surface area contributed by atoms with Gasteiger partial charge in [-0.2, -0.15) is 0 Å². The second-order valence-corrected chi connectivity index (χ2v) is 17.3. The Hall–Kier alpha value is -6.42. The van der Waals surface area contributed by atoms with Crippen molar-refractivity contribution in [3.8, 4) is 11.4 Å². The minimum absolute atomic E-state index is 0.0181. The van der Waals surface area contributed by atoms with Crippen molar-refractivity contribution in [2.24, 2.45) is 0 Å². The Morgan fingerprint density at radius 1 is 0.565 bits per heavy atom. The highest BCUT2D eigenvalue weighted by Crippen LogP contribution is 2.40. The Bertz CT molecular complexity index is 2570. The molecule has 10 heteroatoms. The average Bonchev–Trinajstić information content (AvgIpc) is 4.07. The number of nitrogens with zero attached hydrogens (tertiary/aromatic N) is 6. The van der Waals surface area contributed by atoms with Gasteiger partial charge < -0.3 is 18.9 Å².